The first kappa shape index (κ1) is 15.9. The van der Waals surface area contributed by atoms with E-state index in [4.69, 9.17) is 5.73 Å². The summed E-state index contributed by atoms with van der Waals surface area (Å²) in [4.78, 5) is 4.40. The van der Waals surface area contributed by atoms with Crippen LogP contribution < -0.4 is 11.1 Å². The summed E-state index contributed by atoms with van der Waals surface area (Å²) in [6.45, 7) is 4.70. The lowest BCUT2D eigenvalue weighted by atomic mass is 9.90. The minimum atomic E-state index is 0.400. The molecule has 1 aromatic heterocycles. The van der Waals surface area contributed by atoms with Gasteiger partial charge in [0.25, 0.3) is 0 Å². The zero-order valence-electron chi connectivity index (χ0n) is 13.7. The molecule has 0 bridgehead atoms. The van der Waals surface area contributed by atoms with Crippen molar-refractivity contribution in [2.24, 2.45) is 10.7 Å². The van der Waals surface area contributed by atoms with Crippen molar-refractivity contribution >= 4 is 23.0 Å². The molecule has 0 saturated heterocycles. The number of hydrogen-bond donors (Lipinski definition) is 2. The summed E-state index contributed by atoms with van der Waals surface area (Å²) in [6.07, 6.45) is 4.78. The molecule has 3 rings (SSSR count). The number of rotatable bonds is 4. The summed E-state index contributed by atoms with van der Waals surface area (Å²) in [5.74, 6) is 0.835. The molecule has 0 amide bonds. The SMILES string of the molecule is CC(C)c1nnc(CN=C(N)Nc2cccc3c2CCCC3)s1. The predicted molar refractivity (Wildman–Crippen MR) is 96.0 cm³/mol. The van der Waals surface area contributed by atoms with Crippen molar-refractivity contribution in [2.75, 3.05) is 5.32 Å². The van der Waals surface area contributed by atoms with Gasteiger partial charge in [-0.05, 0) is 42.9 Å². The van der Waals surface area contributed by atoms with E-state index in [9.17, 15) is 0 Å². The number of guanidine groups is 1. The van der Waals surface area contributed by atoms with Gasteiger partial charge in [-0.2, -0.15) is 0 Å². The Morgan fingerprint density at radius 2 is 2.13 bits per heavy atom. The molecule has 0 fully saturated rings. The first-order valence-electron chi connectivity index (χ1n) is 8.13. The fraction of sp³-hybridized carbons (Fsp3) is 0.471. The molecule has 0 spiro atoms. The molecular formula is C17H23N5S. The molecule has 122 valence electrons. The second-order valence-electron chi connectivity index (χ2n) is 6.17. The van der Waals surface area contributed by atoms with E-state index < -0.39 is 0 Å². The Labute approximate surface area is 141 Å². The van der Waals surface area contributed by atoms with Gasteiger partial charge in [0.2, 0.25) is 0 Å². The summed E-state index contributed by atoms with van der Waals surface area (Å²) in [7, 11) is 0. The van der Waals surface area contributed by atoms with Crippen LogP contribution in [-0.2, 0) is 19.4 Å². The monoisotopic (exact) mass is 329 g/mol. The molecule has 1 aliphatic carbocycles. The Morgan fingerprint density at radius 1 is 1.30 bits per heavy atom. The number of nitrogens with two attached hydrogens (primary N) is 1. The zero-order chi connectivity index (χ0) is 16.2. The topological polar surface area (TPSA) is 76.2 Å². The molecule has 2 aromatic rings. The molecule has 0 atom stereocenters. The lowest BCUT2D eigenvalue weighted by Gasteiger charge is -2.19. The molecule has 6 heteroatoms. The van der Waals surface area contributed by atoms with Crippen molar-refractivity contribution < 1.29 is 0 Å². The molecule has 1 aliphatic rings. The average Bonchev–Trinajstić information content (AvgIpc) is 3.03. The highest BCUT2D eigenvalue weighted by Gasteiger charge is 2.13. The van der Waals surface area contributed by atoms with E-state index >= 15 is 0 Å². The number of aliphatic imine (C=N–C) groups is 1. The number of anilines is 1. The number of benzene rings is 1. The van der Waals surface area contributed by atoms with Gasteiger partial charge in [-0.15, -0.1) is 10.2 Å². The van der Waals surface area contributed by atoms with Crippen molar-refractivity contribution in [3.8, 4) is 0 Å². The van der Waals surface area contributed by atoms with Crippen LogP contribution >= 0.6 is 11.3 Å². The van der Waals surface area contributed by atoms with Gasteiger partial charge in [0.05, 0.1) is 6.54 Å². The zero-order valence-corrected chi connectivity index (χ0v) is 14.5. The summed E-state index contributed by atoms with van der Waals surface area (Å²) in [5, 5.41) is 13.5. The summed E-state index contributed by atoms with van der Waals surface area (Å²) < 4.78 is 0. The van der Waals surface area contributed by atoms with E-state index in [-0.39, 0.29) is 0 Å². The van der Waals surface area contributed by atoms with Gasteiger partial charge in [0.15, 0.2) is 5.96 Å². The first-order valence-corrected chi connectivity index (χ1v) is 8.95. The van der Waals surface area contributed by atoms with Gasteiger partial charge >= 0.3 is 0 Å². The van der Waals surface area contributed by atoms with Crippen LogP contribution in [0.4, 0.5) is 5.69 Å². The summed E-state index contributed by atoms with van der Waals surface area (Å²) in [5.41, 5.74) is 9.95. The molecule has 0 unspecified atom stereocenters. The number of hydrogen-bond acceptors (Lipinski definition) is 4. The highest BCUT2D eigenvalue weighted by molar-refractivity contribution is 7.11. The number of fused-ring (bicyclic) bond motifs is 1. The number of aryl methyl sites for hydroxylation is 1. The Morgan fingerprint density at radius 3 is 2.91 bits per heavy atom. The van der Waals surface area contributed by atoms with E-state index in [1.165, 1.54) is 24.0 Å². The number of nitrogens with one attached hydrogen (secondary N) is 1. The van der Waals surface area contributed by atoms with Crippen LogP contribution in [0.1, 0.15) is 53.7 Å². The van der Waals surface area contributed by atoms with Crippen LogP contribution in [0.5, 0.6) is 0 Å². The standard InChI is InChI=1S/C17H23N5S/c1-11(2)16-22-21-15(23-16)10-19-17(18)20-14-9-5-7-12-6-3-4-8-13(12)14/h5,7,9,11H,3-4,6,8,10H2,1-2H3,(H3,18,19,20). The second kappa shape index (κ2) is 7.08. The Bertz CT molecular complexity index is 705. The normalized spacial score (nSPS) is 14.8. The second-order valence-corrected chi connectivity index (χ2v) is 7.26. The van der Waals surface area contributed by atoms with E-state index in [1.807, 2.05) is 0 Å². The highest BCUT2D eigenvalue weighted by atomic mass is 32.1. The van der Waals surface area contributed by atoms with Crippen molar-refractivity contribution in [3.63, 3.8) is 0 Å². The fourth-order valence-electron chi connectivity index (χ4n) is 2.79. The van der Waals surface area contributed by atoms with Crippen LogP contribution in [0, 0.1) is 0 Å². The van der Waals surface area contributed by atoms with Crippen LogP contribution in [0.25, 0.3) is 0 Å². The van der Waals surface area contributed by atoms with E-state index in [0.717, 1.165) is 28.5 Å². The lowest BCUT2D eigenvalue weighted by Crippen LogP contribution is -2.24. The Balaban J connectivity index is 1.67. The smallest absolute Gasteiger partial charge is 0.193 e. The van der Waals surface area contributed by atoms with Gasteiger partial charge in [-0.3, -0.25) is 0 Å². The fourth-order valence-corrected chi connectivity index (χ4v) is 3.56. The van der Waals surface area contributed by atoms with Gasteiger partial charge in [-0.1, -0.05) is 37.3 Å². The Kier molecular flexibility index (Phi) is 4.91. The maximum atomic E-state index is 6.05. The molecule has 0 radical (unpaired) electrons. The molecule has 23 heavy (non-hydrogen) atoms. The van der Waals surface area contributed by atoms with Crippen LogP contribution in [0.2, 0.25) is 0 Å². The van der Waals surface area contributed by atoms with Gasteiger partial charge in [0.1, 0.15) is 10.0 Å². The van der Waals surface area contributed by atoms with Gasteiger partial charge in [-0.25, -0.2) is 4.99 Å². The molecule has 3 N–H and O–H groups in total. The third-order valence-corrected chi connectivity index (χ3v) is 5.23. The first-order chi connectivity index (χ1) is 11.1. The van der Waals surface area contributed by atoms with E-state index in [0.29, 0.717) is 18.4 Å². The lowest BCUT2D eigenvalue weighted by molar-refractivity contribution is 0.687. The summed E-state index contributed by atoms with van der Waals surface area (Å²) >= 11 is 1.60. The average molecular weight is 329 g/mol. The minimum absolute atomic E-state index is 0.400. The molecule has 0 aliphatic heterocycles. The summed E-state index contributed by atoms with van der Waals surface area (Å²) in [6, 6.07) is 6.37. The molecule has 0 saturated carbocycles. The number of aromatic nitrogens is 2. The van der Waals surface area contributed by atoms with Gasteiger partial charge < -0.3 is 11.1 Å². The molecule has 1 aromatic carbocycles. The van der Waals surface area contributed by atoms with Crippen LogP contribution in [0.3, 0.4) is 0 Å². The minimum Gasteiger partial charge on any atom is -0.370 e. The maximum absolute atomic E-state index is 6.05. The van der Waals surface area contributed by atoms with Gasteiger partial charge in [0, 0.05) is 11.6 Å². The maximum Gasteiger partial charge on any atom is 0.193 e. The van der Waals surface area contributed by atoms with Crippen LogP contribution in [-0.4, -0.2) is 16.2 Å². The van der Waals surface area contributed by atoms with Crippen LogP contribution in [0.15, 0.2) is 23.2 Å². The van der Waals surface area contributed by atoms with Crippen molar-refractivity contribution in [2.45, 2.75) is 52.0 Å². The third kappa shape index (κ3) is 3.88. The molecule has 1 heterocycles. The molecule has 5 nitrogen and oxygen atoms in total. The Hall–Kier alpha value is -1.95. The quantitative estimate of drug-likeness (QED) is 0.665. The highest BCUT2D eigenvalue weighted by Crippen LogP contribution is 2.27. The largest absolute Gasteiger partial charge is 0.370 e. The van der Waals surface area contributed by atoms with Crippen molar-refractivity contribution in [1.82, 2.24) is 10.2 Å². The predicted octanol–water partition coefficient (Wildman–Crippen LogP) is 3.47. The third-order valence-electron chi connectivity index (χ3n) is 4.02. The molecular weight excluding hydrogens is 306 g/mol. The number of nitrogens with zero attached hydrogens (tertiary/aromatic N) is 3. The van der Waals surface area contributed by atoms with Crippen molar-refractivity contribution in [1.29, 1.82) is 0 Å². The van der Waals surface area contributed by atoms with E-state index in [2.05, 4.69) is 52.6 Å². The van der Waals surface area contributed by atoms with E-state index in [1.54, 1.807) is 11.3 Å². The van der Waals surface area contributed by atoms with Crippen molar-refractivity contribution in [3.05, 3.63) is 39.3 Å².